The van der Waals surface area contributed by atoms with Crippen molar-refractivity contribution in [1.29, 1.82) is 0 Å². The molecule has 2 aromatic heterocycles. The van der Waals surface area contributed by atoms with Gasteiger partial charge in [0.05, 0.1) is 30.1 Å². The lowest BCUT2D eigenvalue weighted by atomic mass is 10.2. The highest BCUT2D eigenvalue weighted by Gasteiger charge is 2.14. The van der Waals surface area contributed by atoms with Gasteiger partial charge in [0.2, 0.25) is 0 Å². The number of fused-ring (bicyclic) bond motifs is 1. The summed E-state index contributed by atoms with van der Waals surface area (Å²) in [5.41, 5.74) is 1.10. The van der Waals surface area contributed by atoms with Crippen LogP contribution in [0, 0.1) is 0 Å². The number of hydrogen-bond donors (Lipinski definition) is 2. The lowest BCUT2D eigenvalue weighted by Crippen LogP contribution is -2.34. The summed E-state index contributed by atoms with van der Waals surface area (Å²) >= 11 is 0. The van der Waals surface area contributed by atoms with Crippen molar-refractivity contribution in [3.63, 3.8) is 0 Å². The summed E-state index contributed by atoms with van der Waals surface area (Å²) in [6.07, 6.45) is 6.32. The lowest BCUT2D eigenvalue weighted by molar-refractivity contribution is 0.0924. The van der Waals surface area contributed by atoms with Crippen LogP contribution >= 0.6 is 0 Å². The zero-order chi connectivity index (χ0) is 11.5. The summed E-state index contributed by atoms with van der Waals surface area (Å²) in [7, 11) is 0. The van der Waals surface area contributed by atoms with Crippen molar-refractivity contribution < 1.29 is 9.90 Å². The Hall–Kier alpha value is -1.95. The highest BCUT2D eigenvalue weighted by Crippen LogP contribution is 2.08. The van der Waals surface area contributed by atoms with E-state index in [0.717, 1.165) is 0 Å². The summed E-state index contributed by atoms with van der Waals surface area (Å²) in [6.45, 7) is 1.63. The van der Waals surface area contributed by atoms with Crippen LogP contribution in [0.2, 0.25) is 0 Å². The minimum Gasteiger partial charge on any atom is -0.394 e. The molecule has 6 nitrogen and oxygen atoms in total. The second-order valence-electron chi connectivity index (χ2n) is 3.52. The number of nitrogens with zero attached hydrogens (tertiary/aromatic N) is 3. The first kappa shape index (κ1) is 10.6. The van der Waals surface area contributed by atoms with Gasteiger partial charge in [-0.1, -0.05) is 0 Å². The van der Waals surface area contributed by atoms with Crippen molar-refractivity contribution in [1.82, 2.24) is 19.9 Å². The van der Waals surface area contributed by atoms with Crippen LogP contribution in [0.5, 0.6) is 0 Å². The number of nitrogens with one attached hydrogen (secondary N) is 1. The van der Waals surface area contributed by atoms with Crippen LogP contribution in [-0.2, 0) is 0 Å². The molecule has 0 aliphatic carbocycles. The van der Waals surface area contributed by atoms with E-state index in [9.17, 15) is 4.79 Å². The fourth-order valence-electron chi connectivity index (χ4n) is 1.36. The van der Waals surface area contributed by atoms with Gasteiger partial charge in [-0.15, -0.1) is 0 Å². The maximum atomic E-state index is 11.8. The molecular weight excluding hydrogens is 208 g/mol. The molecule has 0 radical (unpaired) electrons. The minimum atomic E-state index is -0.279. The molecule has 0 spiro atoms. The quantitative estimate of drug-likeness (QED) is 0.753. The zero-order valence-electron chi connectivity index (χ0n) is 8.79. The van der Waals surface area contributed by atoms with E-state index in [1.807, 2.05) is 0 Å². The third-order valence-corrected chi connectivity index (χ3v) is 2.22. The second-order valence-corrected chi connectivity index (χ2v) is 3.52. The summed E-state index contributed by atoms with van der Waals surface area (Å²) < 4.78 is 1.57. The minimum absolute atomic E-state index is 0.0940. The van der Waals surface area contributed by atoms with E-state index in [-0.39, 0.29) is 18.6 Å². The molecule has 0 saturated heterocycles. The smallest absolute Gasteiger partial charge is 0.255 e. The average molecular weight is 220 g/mol. The first-order valence-electron chi connectivity index (χ1n) is 4.91. The molecule has 0 aliphatic rings. The lowest BCUT2D eigenvalue weighted by Gasteiger charge is -2.09. The Morgan fingerprint density at radius 2 is 2.44 bits per heavy atom. The molecule has 1 amide bonds. The monoisotopic (exact) mass is 220 g/mol. The Kier molecular flexibility index (Phi) is 2.82. The number of amides is 1. The Balaban J connectivity index is 2.30. The number of aliphatic hydroxyl groups is 1. The molecular formula is C10H12N4O2. The van der Waals surface area contributed by atoms with E-state index in [2.05, 4.69) is 15.4 Å². The van der Waals surface area contributed by atoms with Crippen LogP contribution in [-0.4, -0.2) is 38.3 Å². The maximum absolute atomic E-state index is 11.8. The highest BCUT2D eigenvalue weighted by atomic mass is 16.3. The van der Waals surface area contributed by atoms with E-state index in [1.165, 1.54) is 6.20 Å². The Bertz CT molecular complexity index is 508. The fraction of sp³-hybridized carbons (Fsp3) is 0.300. The molecule has 0 aromatic carbocycles. The van der Waals surface area contributed by atoms with Crippen LogP contribution in [0.25, 0.3) is 5.52 Å². The van der Waals surface area contributed by atoms with Gasteiger partial charge in [-0.25, -0.2) is 4.52 Å². The van der Waals surface area contributed by atoms with E-state index in [0.29, 0.717) is 11.1 Å². The van der Waals surface area contributed by atoms with Crippen molar-refractivity contribution in [2.24, 2.45) is 0 Å². The average Bonchev–Trinajstić information content (AvgIpc) is 2.72. The summed E-state index contributed by atoms with van der Waals surface area (Å²) in [5, 5.41) is 15.5. The van der Waals surface area contributed by atoms with Gasteiger partial charge in [-0.3, -0.25) is 9.78 Å². The third kappa shape index (κ3) is 1.87. The van der Waals surface area contributed by atoms with Crippen molar-refractivity contribution in [3.05, 3.63) is 30.4 Å². The standard InChI is InChI=1S/C10H12N4O2/c1-7(6-15)13-10(16)8-4-12-14-3-2-11-5-9(8)14/h2-5,7,15H,6H2,1H3,(H,13,16)/t7-/m1/s1. The molecule has 16 heavy (non-hydrogen) atoms. The first-order valence-corrected chi connectivity index (χ1v) is 4.91. The zero-order valence-corrected chi connectivity index (χ0v) is 8.79. The van der Waals surface area contributed by atoms with Crippen molar-refractivity contribution in [3.8, 4) is 0 Å². The molecule has 1 atom stereocenters. The number of aromatic nitrogens is 3. The molecule has 0 fully saturated rings. The Labute approximate surface area is 91.9 Å². The van der Waals surface area contributed by atoms with E-state index in [4.69, 9.17) is 5.11 Å². The normalized spacial score (nSPS) is 12.6. The van der Waals surface area contributed by atoms with Crippen LogP contribution in [0.15, 0.2) is 24.8 Å². The summed E-state index contributed by atoms with van der Waals surface area (Å²) in [4.78, 5) is 15.7. The van der Waals surface area contributed by atoms with E-state index in [1.54, 1.807) is 30.0 Å². The van der Waals surface area contributed by atoms with Crippen LogP contribution < -0.4 is 5.32 Å². The van der Waals surface area contributed by atoms with Crippen LogP contribution in [0.3, 0.4) is 0 Å². The number of aliphatic hydroxyl groups excluding tert-OH is 1. The van der Waals surface area contributed by atoms with Crippen molar-refractivity contribution in [2.45, 2.75) is 13.0 Å². The highest BCUT2D eigenvalue weighted by molar-refractivity contribution is 6.00. The van der Waals surface area contributed by atoms with Gasteiger partial charge in [-0.2, -0.15) is 5.10 Å². The first-order chi connectivity index (χ1) is 7.72. The molecule has 2 heterocycles. The van der Waals surface area contributed by atoms with Crippen LogP contribution in [0.4, 0.5) is 0 Å². The predicted molar refractivity (Wildman–Crippen MR) is 57.0 cm³/mol. The largest absolute Gasteiger partial charge is 0.394 e. The number of carbonyl (C=O) groups is 1. The Morgan fingerprint density at radius 1 is 1.62 bits per heavy atom. The van der Waals surface area contributed by atoms with E-state index >= 15 is 0 Å². The van der Waals surface area contributed by atoms with Gasteiger partial charge in [0, 0.05) is 18.4 Å². The maximum Gasteiger partial charge on any atom is 0.255 e. The number of carbonyl (C=O) groups excluding carboxylic acids is 1. The number of hydrogen-bond acceptors (Lipinski definition) is 4. The van der Waals surface area contributed by atoms with Crippen LogP contribution in [0.1, 0.15) is 17.3 Å². The molecule has 2 N–H and O–H groups in total. The summed E-state index contributed by atoms with van der Waals surface area (Å²) in [5.74, 6) is -0.260. The van der Waals surface area contributed by atoms with Gasteiger partial charge in [0.1, 0.15) is 0 Å². The molecule has 2 rings (SSSR count). The molecule has 0 bridgehead atoms. The number of rotatable bonds is 3. The Morgan fingerprint density at radius 3 is 3.19 bits per heavy atom. The molecule has 0 unspecified atom stereocenters. The van der Waals surface area contributed by atoms with Gasteiger partial charge in [0.15, 0.2) is 0 Å². The molecule has 0 saturated carbocycles. The molecule has 6 heteroatoms. The van der Waals surface area contributed by atoms with Crippen molar-refractivity contribution >= 4 is 11.4 Å². The third-order valence-electron chi connectivity index (χ3n) is 2.22. The molecule has 0 aliphatic heterocycles. The van der Waals surface area contributed by atoms with E-state index < -0.39 is 0 Å². The SMILES string of the molecule is C[C@H](CO)NC(=O)c1cnn2ccncc12. The molecule has 2 aromatic rings. The fourth-order valence-corrected chi connectivity index (χ4v) is 1.36. The van der Waals surface area contributed by atoms with Gasteiger partial charge >= 0.3 is 0 Å². The van der Waals surface area contributed by atoms with Gasteiger partial charge < -0.3 is 10.4 Å². The van der Waals surface area contributed by atoms with Crippen molar-refractivity contribution in [2.75, 3.05) is 6.61 Å². The summed E-state index contributed by atoms with van der Waals surface area (Å²) in [6, 6.07) is -0.279. The molecule has 84 valence electrons. The predicted octanol–water partition coefficient (Wildman–Crippen LogP) is -0.160. The topological polar surface area (TPSA) is 79.5 Å². The second kappa shape index (κ2) is 4.28. The van der Waals surface area contributed by atoms with Gasteiger partial charge in [0.25, 0.3) is 5.91 Å². The van der Waals surface area contributed by atoms with Gasteiger partial charge in [-0.05, 0) is 6.92 Å².